The van der Waals surface area contributed by atoms with Crippen LogP contribution in [0.2, 0.25) is 0 Å². The third-order valence-corrected chi connectivity index (χ3v) is 1.93. The van der Waals surface area contributed by atoms with Crippen molar-refractivity contribution >= 4 is 15.7 Å². The van der Waals surface area contributed by atoms with Gasteiger partial charge in [-0.1, -0.05) is 20.8 Å². The molecule has 0 atom stereocenters. The fourth-order valence-corrected chi connectivity index (χ4v) is 0. The number of hydrogen-bond donors (Lipinski definition) is 1. The van der Waals surface area contributed by atoms with Crippen LogP contribution in [-0.4, -0.2) is 21.0 Å². The second-order valence-electron chi connectivity index (χ2n) is 3.97. The summed E-state index contributed by atoms with van der Waals surface area (Å²) in [6, 6.07) is 0. The molecule has 0 spiro atoms. The van der Waals surface area contributed by atoms with Crippen molar-refractivity contribution in [3.63, 3.8) is 0 Å². The van der Waals surface area contributed by atoms with E-state index >= 15 is 0 Å². The molecule has 0 aliphatic heterocycles. The zero-order valence-electron chi connectivity index (χ0n) is 6.58. The SMILES string of the molecule is BC(B)(N)C(C)(C)C. The van der Waals surface area contributed by atoms with Crippen LogP contribution >= 0.6 is 0 Å². The van der Waals surface area contributed by atoms with Crippen LogP contribution in [0, 0.1) is 5.41 Å². The fraction of sp³-hybridized carbons (Fsp3) is 1.00. The summed E-state index contributed by atoms with van der Waals surface area (Å²) in [5.41, 5.74) is 6.03. The van der Waals surface area contributed by atoms with E-state index in [1.165, 1.54) is 0 Å². The number of nitrogens with two attached hydrogens (primary N) is 1. The Labute approximate surface area is 53.8 Å². The molecule has 3 heteroatoms. The van der Waals surface area contributed by atoms with Gasteiger partial charge >= 0.3 is 0 Å². The normalized spacial score (nSPS) is 14.0. The predicted octanol–water partition coefficient (Wildman–Crippen LogP) is -1.09. The molecule has 0 amide bonds. The van der Waals surface area contributed by atoms with E-state index in [9.17, 15) is 0 Å². The largest absolute Gasteiger partial charge is 0.340 e. The Morgan fingerprint density at radius 3 is 1.25 bits per heavy atom. The lowest BCUT2D eigenvalue weighted by Crippen LogP contribution is -2.52. The van der Waals surface area contributed by atoms with E-state index in [-0.39, 0.29) is 10.8 Å². The van der Waals surface area contributed by atoms with Crippen LogP contribution in [0.1, 0.15) is 20.8 Å². The number of hydrogen-bond acceptors (Lipinski definition) is 1. The second kappa shape index (κ2) is 1.80. The highest BCUT2D eigenvalue weighted by molar-refractivity contribution is 6.40. The molecule has 46 valence electrons. The van der Waals surface area contributed by atoms with Gasteiger partial charge in [0.15, 0.2) is 0 Å². The van der Waals surface area contributed by atoms with Crippen molar-refractivity contribution in [3.05, 3.63) is 0 Å². The van der Waals surface area contributed by atoms with E-state index in [2.05, 4.69) is 20.8 Å². The molecule has 0 rings (SSSR count). The van der Waals surface area contributed by atoms with Crippen LogP contribution in [0.15, 0.2) is 0 Å². The molecule has 0 aromatic carbocycles. The molecule has 8 heavy (non-hydrogen) atoms. The van der Waals surface area contributed by atoms with Crippen molar-refractivity contribution in [2.24, 2.45) is 11.1 Å². The van der Waals surface area contributed by atoms with Crippen molar-refractivity contribution in [3.8, 4) is 0 Å². The van der Waals surface area contributed by atoms with Crippen LogP contribution in [0.25, 0.3) is 0 Å². The molecule has 0 aliphatic carbocycles. The fourth-order valence-electron chi connectivity index (χ4n) is 0. The quantitative estimate of drug-likeness (QED) is 0.395. The summed E-state index contributed by atoms with van der Waals surface area (Å²) in [4.78, 5) is 0. The Hall–Kier alpha value is 0.0899. The molecule has 2 N–H and O–H groups in total. The zero-order chi connectivity index (χ0) is 7.00. The first-order valence-corrected chi connectivity index (χ1v) is 3.04. The van der Waals surface area contributed by atoms with Gasteiger partial charge in [-0.05, 0) is 10.8 Å². The molecule has 0 bridgehead atoms. The van der Waals surface area contributed by atoms with Gasteiger partial charge in [0.25, 0.3) is 0 Å². The molecule has 0 heterocycles. The maximum absolute atomic E-state index is 5.81. The van der Waals surface area contributed by atoms with Crippen molar-refractivity contribution < 1.29 is 0 Å². The summed E-state index contributed by atoms with van der Waals surface area (Å²) < 4.78 is 0. The molecule has 0 fully saturated rings. The molecule has 0 aromatic heterocycles. The minimum absolute atomic E-state index is 0.0625. The molecular formula is C5H15B2N. The maximum atomic E-state index is 5.81. The molecular weight excluding hydrogens is 95.7 g/mol. The Balaban J connectivity index is 4.02. The molecule has 0 unspecified atom stereocenters. The van der Waals surface area contributed by atoms with Gasteiger partial charge in [0.2, 0.25) is 0 Å². The molecule has 0 aromatic rings. The minimum atomic E-state index is -0.0625. The Morgan fingerprint density at radius 1 is 1.12 bits per heavy atom. The van der Waals surface area contributed by atoms with Crippen molar-refractivity contribution in [2.75, 3.05) is 0 Å². The molecule has 1 nitrogen and oxygen atoms in total. The van der Waals surface area contributed by atoms with Crippen molar-refractivity contribution in [2.45, 2.75) is 26.1 Å². The van der Waals surface area contributed by atoms with E-state index in [4.69, 9.17) is 5.73 Å². The lowest BCUT2D eigenvalue weighted by atomic mass is 9.50. The summed E-state index contributed by atoms with van der Waals surface area (Å²) >= 11 is 0. The smallest absolute Gasteiger partial charge is 0.117 e. The van der Waals surface area contributed by atoms with Crippen LogP contribution in [0.3, 0.4) is 0 Å². The van der Waals surface area contributed by atoms with E-state index in [1.54, 1.807) is 0 Å². The highest BCUT2D eigenvalue weighted by Crippen LogP contribution is 2.21. The highest BCUT2D eigenvalue weighted by atomic mass is 14.7. The average Bonchev–Trinajstić information content (AvgIpc) is 1.25. The Kier molecular flexibility index (Phi) is 1.82. The molecule has 0 saturated carbocycles. The highest BCUT2D eigenvalue weighted by Gasteiger charge is 2.27. The summed E-state index contributed by atoms with van der Waals surface area (Å²) in [7, 11) is 4.10. The van der Waals surface area contributed by atoms with Crippen LogP contribution in [-0.2, 0) is 0 Å². The van der Waals surface area contributed by atoms with Crippen LogP contribution < -0.4 is 5.73 Å². The maximum Gasteiger partial charge on any atom is 0.117 e. The summed E-state index contributed by atoms with van der Waals surface area (Å²) in [5, 5.41) is -0.0625. The van der Waals surface area contributed by atoms with Gasteiger partial charge < -0.3 is 5.73 Å². The molecule has 0 aliphatic rings. The average molecular weight is 111 g/mol. The zero-order valence-corrected chi connectivity index (χ0v) is 6.58. The van der Waals surface area contributed by atoms with Gasteiger partial charge in [0.05, 0.1) is 0 Å². The lowest BCUT2D eigenvalue weighted by Gasteiger charge is -2.35. The van der Waals surface area contributed by atoms with Gasteiger partial charge in [-0.2, -0.15) is 0 Å². The van der Waals surface area contributed by atoms with Gasteiger partial charge in [-0.3, -0.25) is 0 Å². The monoisotopic (exact) mass is 111 g/mol. The summed E-state index contributed by atoms with van der Waals surface area (Å²) in [6.07, 6.45) is 0. The van der Waals surface area contributed by atoms with Gasteiger partial charge in [0, 0.05) is 0 Å². The lowest BCUT2D eigenvalue weighted by molar-refractivity contribution is 0.359. The third kappa shape index (κ3) is 1.91. The Morgan fingerprint density at radius 2 is 1.25 bits per heavy atom. The van der Waals surface area contributed by atoms with Gasteiger partial charge in [-0.25, -0.2) is 0 Å². The standard InChI is InChI=1S/C5H15B2N/c1-4(2,3)5(6,7)8/h6-8H2,1-3H3. The predicted molar refractivity (Wildman–Crippen MR) is 43.5 cm³/mol. The Bertz CT molecular complexity index is 65.4. The van der Waals surface area contributed by atoms with Gasteiger partial charge in [-0.15, -0.1) is 0 Å². The van der Waals surface area contributed by atoms with E-state index in [0.717, 1.165) is 0 Å². The van der Waals surface area contributed by atoms with Crippen molar-refractivity contribution in [1.82, 2.24) is 0 Å². The minimum Gasteiger partial charge on any atom is -0.340 e. The van der Waals surface area contributed by atoms with E-state index in [1.807, 2.05) is 15.7 Å². The first-order chi connectivity index (χ1) is 3.25. The van der Waals surface area contributed by atoms with Gasteiger partial charge in [0.1, 0.15) is 15.7 Å². The van der Waals surface area contributed by atoms with Crippen LogP contribution in [0.4, 0.5) is 0 Å². The molecule has 0 saturated heterocycles. The van der Waals surface area contributed by atoms with Crippen molar-refractivity contribution in [1.29, 1.82) is 0 Å². The van der Waals surface area contributed by atoms with E-state index < -0.39 is 0 Å². The third-order valence-electron chi connectivity index (χ3n) is 1.93. The summed E-state index contributed by atoms with van der Waals surface area (Å²) in [6.45, 7) is 6.44. The number of rotatable bonds is 0. The van der Waals surface area contributed by atoms with E-state index in [0.29, 0.717) is 0 Å². The molecule has 0 radical (unpaired) electrons. The topological polar surface area (TPSA) is 26.0 Å². The first kappa shape index (κ1) is 8.09. The summed E-state index contributed by atoms with van der Waals surface area (Å²) in [5.74, 6) is 0. The second-order valence-corrected chi connectivity index (χ2v) is 3.97. The first-order valence-electron chi connectivity index (χ1n) is 3.04. The van der Waals surface area contributed by atoms with Crippen LogP contribution in [0.5, 0.6) is 0 Å².